The van der Waals surface area contributed by atoms with Crippen LogP contribution in [-0.2, 0) is 12.8 Å². The summed E-state index contributed by atoms with van der Waals surface area (Å²) < 4.78 is 0. The summed E-state index contributed by atoms with van der Waals surface area (Å²) in [6.45, 7) is 7.44. The largest absolute Gasteiger partial charge is 0.397 e. The summed E-state index contributed by atoms with van der Waals surface area (Å²) in [4.78, 5) is 8.95. The van der Waals surface area contributed by atoms with Crippen LogP contribution in [0.4, 0.5) is 11.4 Å². The predicted octanol–water partition coefficient (Wildman–Crippen LogP) is 2.25. The third-order valence-electron chi connectivity index (χ3n) is 2.72. The second-order valence-electron chi connectivity index (χ2n) is 4.03. The van der Waals surface area contributed by atoms with Gasteiger partial charge in [0.2, 0.25) is 0 Å². The molecule has 0 saturated heterocycles. The Labute approximate surface area is 106 Å². The number of aromatic nitrogens is 2. The lowest BCUT2D eigenvalue weighted by Gasteiger charge is -2.10. The highest BCUT2D eigenvalue weighted by atomic mass is 14.9. The van der Waals surface area contributed by atoms with Crippen molar-refractivity contribution < 1.29 is 0 Å². The number of benzene rings is 1. The molecule has 92 valence electrons. The quantitative estimate of drug-likeness (QED) is 0.634. The van der Waals surface area contributed by atoms with Crippen LogP contribution in [0.2, 0.25) is 0 Å². The smallest absolute Gasteiger partial charge is 0.133 e. The summed E-state index contributed by atoms with van der Waals surface area (Å²) in [6.07, 6.45) is 4.84. The van der Waals surface area contributed by atoms with Gasteiger partial charge in [-0.05, 0) is 12.1 Å². The van der Waals surface area contributed by atoms with E-state index in [1.807, 2.05) is 6.07 Å². The Morgan fingerprint density at radius 1 is 1.06 bits per heavy atom. The lowest BCUT2D eigenvalue weighted by molar-refractivity contribution is 0.971. The molecule has 0 bridgehead atoms. The van der Waals surface area contributed by atoms with Crippen molar-refractivity contribution in [2.24, 2.45) is 0 Å². The molecule has 0 atom stereocenters. The van der Waals surface area contributed by atoms with Crippen LogP contribution < -0.4 is 11.5 Å². The highest BCUT2D eigenvalue weighted by molar-refractivity contribution is 5.98. The third-order valence-corrected chi connectivity index (χ3v) is 2.72. The van der Waals surface area contributed by atoms with Crippen molar-refractivity contribution in [2.45, 2.75) is 12.8 Å². The normalized spacial score (nSPS) is 10.4. The molecule has 1 aromatic heterocycles. The fourth-order valence-corrected chi connectivity index (χ4v) is 1.90. The molecule has 4 nitrogen and oxygen atoms in total. The number of hydrogen-bond donors (Lipinski definition) is 2. The van der Waals surface area contributed by atoms with Crippen molar-refractivity contribution in [3.63, 3.8) is 0 Å². The second kappa shape index (κ2) is 4.87. The number of nitrogen functional groups attached to an aromatic ring is 2. The average Bonchev–Trinajstić information content (AvgIpc) is 2.34. The molecule has 1 heterocycles. The van der Waals surface area contributed by atoms with Crippen LogP contribution in [-0.4, -0.2) is 9.97 Å². The molecule has 0 saturated carbocycles. The van der Waals surface area contributed by atoms with Crippen molar-refractivity contribution in [1.82, 2.24) is 9.97 Å². The van der Waals surface area contributed by atoms with E-state index in [9.17, 15) is 0 Å². The van der Waals surface area contributed by atoms with E-state index in [2.05, 4.69) is 23.1 Å². The molecule has 0 unspecified atom stereocenters. The Bertz CT molecular complexity index is 617. The van der Waals surface area contributed by atoms with Crippen molar-refractivity contribution in [3.05, 3.63) is 49.0 Å². The SMILES string of the molecule is C=CCc1nc(CC=C)c2c(N)c(N)ccc2n1. The molecule has 0 radical (unpaired) electrons. The monoisotopic (exact) mass is 240 g/mol. The van der Waals surface area contributed by atoms with E-state index >= 15 is 0 Å². The maximum Gasteiger partial charge on any atom is 0.133 e. The molecular formula is C14H16N4. The van der Waals surface area contributed by atoms with Crippen LogP contribution in [0.25, 0.3) is 10.9 Å². The summed E-state index contributed by atoms with van der Waals surface area (Å²) in [5.41, 5.74) is 14.6. The standard InChI is InChI=1S/C14H16N4/c1-3-5-10-13-11(8-7-9(15)14(13)16)18-12(17-10)6-4-2/h3-4,7-8H,1-2,5-6,15-16H2. The predicted molar refractivity (Wildman–Crippen MR) is 76.2 cm³/mol. The number of nitrogens with two attached hydrogens (primary N) is 2. The average molecular weight is 240 g/mol. The van der Waals surface area contributed by atoms with E-state index in [1.54, 1.807) is 18.2 Å². The minimum atomic E-state index is 0.537. The molecule has 0 amide bonds. The highest BCUT2D eigenvalue weighted by Gasteiger charge is 2.10. The van der Waals surface area contributed by atoms with Crippen molar-refractivity contribution in [3.8, 4) is 0 Å². The van der Waals surface area contributed by atoms with Crippen molar-refractivity contribution >= 4 is 22.3 Å². The van der Waals surface area contributed by atoms with Gasteiger partial charge in [-0.25, -0.2) is 9.97 Å². The first-order valence-electron chi connectivity index (χ1n) is 5.72. The molecular weight excluding hydrogens is 224 g/mol. The topological polar surface area (TPSA) is 77.8 Å². The van der Waals surface area contributed by atoms with Crippen LogP contribution in [0.3, 0.4) is 0 Å². The first kappa shape index (κ1) is 12.1. The van der Waals surface area contributed by atoms with E-state index in [1.165, 1.54) is 0 Å². The maximum atomic E-state index is 6.01. The third kappa shape index (κ3) is 2.05. The molecule has 1 aromatic carbocycles. The van der Waals surface area contributed by atoms with Gasteiger partial charge in [0, 0.05) is 18.2 Å². The molecule has 18 heavy (non-hydrogen) atoms. The minimum Gasteiger partial charge on any atom is -0.397 e. The van der Waals surface area contributed by atoms with Crippen LogP contribution in [0.15, 0.2) is 37.4 Å². The summed E-state index contributed by atoms with van der Waals surface area (Å²) in [7, 11) is 0. The van der Waals surface area contributed by atoms with Crippen molar-refractivity contribution in [1.29, 1.82) is 0 Å². The molecule has 0 fully saturated rings. The van der Waals surface area contributed by atoms with Crippen molar-refractivity contribution in [2.75, 3.05) is 11.5 Å². The van der Waals surface area contributed by atoms with Gasteiger partial charge in [-0.2, -0.15) is 0 Å². The molecule has 2 aromatic rings. The van der Waals surface area contributed by atoms with Crippen LogP contribution in [0, 0.1) is 0 Å². The first-order chi connectivity index (χ1) is 8.67. The maximum absolute atomic E-state index is 6.01. The number of anilines is 2. The van der Waals surface area contributed by atoms with E-state index in [0.717, 1.165) is 22.4 Å². The minimum absolute atomic E-state index is 0.537. The van der Waals surface area contributed by atoms with E-state index in [0.29, 0.717) is 24.2 Å². The zero-order valence-corrected chi connectivity index (χ0v) is 10.2. The molecule has 0 aliphatic rings. The summed E-state index contributed by atoms with van der Waals surface area (Å²) in [5.74, 6) is 0.735. The lowest BCUT2D eigenvalue weighted by Crippen LogP contribution is -2.04. The molecule has 0 spiro atoms. The lowest BCUT2D eigenvalue weighted by atomic mass is 10.1. The van der Waals surface area contributed by atoms with E-state index < -0.39 is 0 Å². The zero-order valence-electron chi connectivity index (χ0n) is 10.2. The van der Waals surface area contributed by atoms with Gasteiger partial charge in [-0.3, -0.25) is 0 Å². The Kier molecular flexibility index (Phi) is 3.28. The van der Waals surface area contributed by atoms with E-state index in [4.69, 9.17) is 11.5 Å². The molecule has 4 N–H and O–H groups in total. The van der Waals surface area contributed by atoms with Gasteiger partial charge in [0.1, 0.15) is 5.82 Å². The van der Waals surface area contributed by atoms with Crippen LogP contribution >= 0.6 is 0 Å². The van der Waals surface area contributed by atoms with Gasteiger partial charge in [0.05, 0.1) is 22.6 Å². The number of rotatable bonds is 4. The highest BCUT2D eigenvalue weighted by Crippen LogP contribution is 2.28. The number of fused-ring (bicyclic) bond motifs is 1. The fourth-order valence-electron chi connectivity index (χ4n) is 1.90. The number of nitrogens with zero attached hydrogens (tertiary/aromatic N) is 2. The number of allylic oxidation sites excluding steroid dienone is 2. The van der Waals surface area contributed by atoms with Gasteiger partial charge in [0.15, 0.2) is 0 Å². The second-order valence-corrected chi connectivity index (χ2v) is 4.03. The Morgan fingerprint density at radius 2 is 1.78 bits per heavy atom. The Morgan fingerprint density at radius 3 is 2.44 bits per heavy atom. The van der Waals surface area contributed by atoms with Crippen LogP contribution in [0.5, 0.6) is 0 Å². The Balaban J connectivity index is 2.76. The summed E-state index contributed by atoms with van der Waals surface area (Å²) in [5, 5.41) is 0.822. The zero-order chi connectivity index (χ0) is 13.1. The van der Waals surface area contributed by atoms with Crippen LogP contribution in [0.1, 0.15) is 11.5 Å². The molecule has 4 heteroatoms. The van der Waals surface area contributed by atoms with Gasteiger partial charge in [-0.15, -0.1) is 13.2 Å². The Hall–Kier alpha value is -2.36. The molecule has 0 aliphatic heterocycles. The first-order valence-corrected chi connectivity index (χ1v) is 5.72. The van der Waals surface area contributed by atoms with Gasteiger partial charge < -0.3 is 11.5 Å². The molecule has 2 rings (SSSR count). The number of hydrogen-bond acceptors (Lipinski definition) is 4. The molecule has 0 aliphatic carbocycles. The summed E-state index contributed by atoms with van der Waals surface area (Å²) >= 11 is 0. The van der Waals surface area contributed by atoms with Gasteiger partial charge in [0.25, 0.3) is 0 Å². The van der Waals surface area contributed by atoms with Gasteiger partial charge in [-0.1, -0.05) is 12.2 Å². The summed E-state index contributed by atoms with van der Waals surface area (Å²) in [6, 6.07) is 3.63. The fraction of sp³-hybridized carbons (Fsp3) is 0.143. The van der Waals surface area contributed by atoms with E-state index in [-0.39, 0.29) is 0 Å². The van der Waals surface area contributed by atoms with Gasteiger partial charge >= 0.3 is 0 Å².